The van der Waals surface area contributed by atoms with E-state index in [0.29, 0.717) is 6.42 Å². The Balaban J connectivity index is 2.70. The van der Waals surface area contributed by atoms with Gasteiger partial charge in [-0.15, -0.1) is 0 Å². The van der Waals surface area contributed by atoms with Gasteiger partial charge in [0.1, 0.15) is 0 Å². The standard InChI is InChI=1S/C12H16O2/c1-9(2)11(12(13)14)8-10-6-4-3-5-7-10/h3-7,9,11H,8H2,1-2H3,(H,13,14). The average Bonchev–Trinajstić information content (AvgIpc) is 2.15. The summed E-state index contributed by atoms with van der Waals surface area (Å²) in [6, 6.07) is 9.76. The van der Waals surface area contributed by atoms with Crippen molar-refractivity contribution in [3.8, 4) is 0 Å². The van der Waals surface area contributed by atoms with Gasteiger partial charge in [-0.05, 0) is 17.9 Å². The summed E-state index contributed by atoms with van der Waals surface area (Å²) in [4.78, 5) is 10.9. The number of rotatable bonds is 4. The smallest absolute Gasteiger partial charge is 0.307 e. The minimum Gasteiger partial charge on any atom is -0.481 e. The van der Waals surface area contributed by atoms with Crippen LogP contribution in [-0.4, -0.2) is 11.1 Å². The van der Waals surface area contributed by atoms with Gasteiger partial charge in [-0.1, -0.05) is 44.2 Å². The number of carbonyl (C=O) groups is 1. The van der Waals surface area contributed by atoms with Crippen molar-refractivity contribution in [3.63, 3.8) is 0 Å². The first-order valence-corrected chi connectivity index (χ1v) is 4.88. The van der Waals surface area contributed by atoms with E-state index in [1.807, 2.05) is 44.2 Å². The molecule has 1 N–H and O–H groups in total. The third-order valence-corrected chi connectivity index (χ3v) is 2.42. The fourth-order valence-electron chi connectivity index (χ4n) is 1.48. The summed E-state index contributed by atoms with van der Waals surface area (Å²) in [5.74, 6) is -0.811. The van der Waals surface area contributed by atoms with E-state index in [1.165, 1.54) is 0 Å². The molecule has 0 aliphatic rings. The number of aliphatic carboxylic acids is 1. The van der Waals surface area contributed by atoms with E-state index in [-0.39, 0.29) is 11.8 Å². The lowest BCUT2D eigenvalue weighted by Crippen LogP contribution is -2.22. The van der Waals surface area contributed by atoms with E-state index >= 15 is 0 Å². The summed E-state index contributed by atoms with van der Waals surface area (Å²) in [7, 11) is 0. The zero-order valence-electron chi connectivity index (χ0n) is 8.60. The van der Waals surface area contributed by atoms with Crippen molar-refractivity contribution >= 4 is 5.97 Å². The lowest BCUT2D eigenvalue weighted by molar-refractivity contribution is -0.143. The average molecular weight is 192 g/mol. The van der Waals surface area contributed by atoms with Crippen molar-refractivity contribution in [2.75, 3.05) is 0 Å². The Bertz CT molecular complexity index is 290. The van der Waals surface area contributed by atoms with Crippen LogP contribution >= 0.6 is 0 Å². The fourth-order valence-corrected chi connectivity index (χ4v) is 1.48. The summed E-state index contributed by atoms with van der Waals surface area (Å²) in [6.07, 6.45) is 0.619. The largest absolute Gasteiger partial charge is 0.481 e. The summed E-state index contributed by atoms with van der Waals surface area (Å²) in [5.41, 5.74) is 1.09. The van der Waals surface area contributed by atoms with Gasteiger partial charge in [0.05, 0.1) is 5.92 Å². The molecule has 1 unspecified atom stereocenters. The Hall–Kier alpha value is -1.31. The van der Waals surface area contributed by atoms with Crippen molar-refractivity contribution in [1.29, 1.82) is 0 Å². The molecule has 0 aromatic heterocycles. The summed E-state index contributed by atoms with van der Waals surface area (Å²) in [5, 5.41) is 9.00. The minimum absolute atomic E-state index is 0.174. The molecule has 76 valence electrons. The number of carboxylic acids is 1. The van der Waals surface area contributed by atoms with Crippen LogP contribution in [0, 0.1) is 11.8 Å². The molecular formula is C12H16O2. The maximum Gasteiger partial charge on any atom is 0.307 e. The maximum atomic E-state index is 10.9. The van der Waals surface area contributed by atoms with Gasteiger partial charge in [0.25, 0.3) is 0 Å². The second-order valence-corrected chi connectivity index (χ2v) is 3.88. The number of hydrogen-bond acceptors (Lipinski definition) is 1. The Morgan fingerprint density at radius 3 is 2.29 bits per heavy atom. The Morgan fingerprint density at radius 1 is 1.29 bits per heavy atom. The highest BCUT2D eigenvalue weighted by molar-refractivity contribution is 5.70. The molecular weight excluding hydrogens is 176 g/mol. The van der Waals surface area contributed by atoms with Gasteiger partial charge in [0.2, 0.25) is 0 Å². The van der Waals surface area contributed by atoms with Gasteiger partial charge < -0.3 is 5.11 Å². The highest BCUT2D eigenvalue weighted by Crippen LogP contribution is 2.17. The molecule has 0 saturated heterocycles. The molecule has 1 atom stereocenters. The molecule has 2 heteroatoms. The van der Waals surface area contributed by atoms with Crippen molar-refractivity contribution < 1.29 is 9.90 Å². The number of benzene rings is 1. The molecule has 0 spiro atoms. The molecule has 14 heavy (non-hydrogen) atoms. The van der Waals surface area contributed by atoms with Crippen LogP contribution in [0.2, 0.25) is 0 Å². The Morgan fingerprint density at radius 2 is 1.86 bits per heavy atom. The van der Waals surface area contributed by atoms with E-state index in [4.69, 9.17) is 5.11 Å². The monoisotopic (exact) mass is 192 g/mol. The molecule has 0 fully saturated rings. The third-order valence-electron chi connectivity index (χ3n) is 2.42. The Labute approximate surface area is 84.6 Å². The van der Waals surface area contributed by atoms with E-state index in [1.54, 1.807) is 0 Å². The lowest BCUT2D eigenvalue weighted by atomic mass is 9.89. The van der Waals surface area contributed by atoms with Gasteiger partial charge in [0, 0.05) is 0 Å². The summed E-state index contributed by atoms with van der Waals surface area (Å²) >= 11 is 0. The second-order valence-electron chi connectivity index (χ2n) is 3.88. The van der Waals surface area contributed by atoms with Gasteiger partial charge in [-0.2, -0.15) is 0 Å². The quantitative estimate of drug-likeness (QED) is 0.796. The molecule has 1 aromatic carbocycles. The van der Waals surface area contributed by atoms with Crippen LogP contribution in [0.4, 0.5) is 0 Å². The zero-order chi connectivity index (χ0) is 10.6. The van der Waals surface area contributed by atoms with Gasteiger partial charge >= 0.3 is 5.97 Å². The summed E-state index contributed by atoms with van der Waals surface area (Å²) in [6.45, 7) is 3.89. The molecule has 2 nitrogen and oxygen atoms in total. The van der Waals surface area contributed by atoms with Crippen LogP contribution in [0.25, 0.3) is 0 Å². The first kappa shape index (κ1) is 10.8. The molecule has 0 radical (unpaired) electrons. The predicted octanol–water partition coefficient (Wildman–Crippen LogP) is 2.59. The van der Waals surface area contributed by atoms with Crippen LogP contribution in [0.15, 0.2) is 30.3 Å². The van der Waals surface area contributed by atoms with Crippen LogP contribution < -0.4 is 0 Å². The van der Waals surface area contributed by atoms with Crippen LogP contribution in [0.5, 0.6) is 0 Å². The van der Waals surface area contributed by atoms with E-state index in [2.05, 4.69) is 0 Å². The fraction of sp³-hybridized carbons (Fsp3) is 0.417. The third kappa shape index (κ3) is 2.87. The zero-order valence-corrected chi connectivity index (χ0v) is 8.60. The van der Waals surface area contributed by atoms with Gasteiger partial charge in [-0.25, -0.2) is 0 Å². The van der Waals surface area contributed by atoms with Crippen molar-refractivity contribution in [1.82, 2.24) is 0 Å². The maximum absolute atomic E-state index is 10.9. The molecule has 1 rings (SSSR count). The number of carboxylic acid groups (broad SMARTS) is 1. The second kappa shape index (κ2) is 4.80. The Kier molecular flexibility index (Phi) is 3.69. The van der Waals surface area contributed by atoms with Crippen LogP contribution in [0.1, 0.15) is 19.4 Å². The van der Waals surface area contributed by atoms with E-state index in [9.17, 15) is 4.79 Å². The molecule has 0 bridgehead atoms. The highest BCUT2D eigenvalue weighted by Gasteiger charge is 2.21. The van der Waals surface area contributed by atoms with Gasteiger partial charge in [0.15, 0.2) is 0 Å². The molecule has 0 aliphatic carbocycles. The molecule has 0 amide bonds. The normalized spacial score (nSPS) is 12.8. The molecule has 1 aromatic rings. The molecule has 0 saturated carbocycles. The first-order chi connectivity index (χ1) is 6.61. The molecule has 0 aliphatic heterocycles. The van der Waals surface area contributed by atoms with E-state index in [0.717, 1.165) is 5.56 Å². The van der Waals surface area contributed by atoms with Crippen LogP contribution in [0.3, 0.4) is 0 Å². The van der Waals surface area contributed by atoms with Gasteiger partial charge in [-0.3, -0.25) is 4.79 Å². The van der Waals surface area contributed by atoms with Crippen molar-refractivity contribution in [2.45, 2.75) is 20.3 Å². The van der Waals surface area contributed by atoms with E-state index < -0.39 is 5.97 Å². The first-order valence-electron chi connectivity index (χ1n) is 4.88. The van der Waals surface area contributed by atoms with Crippen molar-refractivity contribution in [2.24, 2.45) is 11.8 Å². The number of hydrogen-bond donors (Lipinski definition) is 1. The lowest BCUT2D eigenvalue weighted by Gasteiger charge is -2.15. The van der Waals surface area contributed by atoms with Crippen LogP contribution in [-0.2, 0) is 11.2 Å². The predicted molar refractivity (Wildman–Crippen MR) is 56.1 cm³/mol. The topological polar surface area (TPSA) is 37.3 Å². The minimum atomic E-state index is -0.705. The molecule has 0 heterocycles. The van der Waals surface area contributed by atoms with Crippen molar-refractivity contribution in [3.05, 3.63) is 35.9 Å². The highest BCUT2D eigenvalue weighted by atomic mass is 16.4. The SMILES string of the molecule is CC(C)C(Cc1ccccc1)C(=O)O. The summed E-state index contributed by atoms with van der Waals surface area (Å²) < 4.78 is 0.